The number of aryl methyl sites for hydroxylation is 1. The molecule has 154 valence electrons. The molecule has 30 heavy (non-hydrogen) atoms. The van der Waals surface area contributed by atoms with Gasteiger partial charge in [-0.15, -0.1) is 0 Å². The summed E-state index contributed by atoms with van der Waals surface area (Å²) < 4.78 is 33.2. The molecule has 0 unspecified atom stereocenters. The van der Waals surface area contributed by atoms with E-state index < -0.39 is 16.6 Å². The minimum atomic E-state index is -0.984. The van der Waals surface area contributed by atoms with Crippen molar-refractivity contribution in [1.82, 2.24) is 9.55 Å². The minimum Gasteiger partial charge on any atom is -0.489 e. The molecule has 0 aliphatic heterocycles. The number of hydrogen-bond donors (Lipinski definition) is 0. The Kier molecular flexibility index (Phi) is 6.31. The summed E-state index contributed by atoms with van der Waals surface area (Å²) in [5.41, 5.74) is 0.758. The van der Waals surface area contributed by atoms with Gasteiger partial charge in [-0.2, -0.15) is 0 Å². The van der Waals surface area contributed by atoms with Gasteiger partial charge in [0, 0.05) is 12.5 Å². The van der Waals surface area contributed by atoms with Crippen molar-refractivity contribution in [3.63, 3.8) is 0 Å². The van der Waals surface area contributed by atoms with E-state index in [0.717, 1.165) is 12.1 Å². The molecule has 0 amide bonds. The molecule has 3 aromatic rings. The smallest absolute Gasteiger partial charge is 0.342 e. The summed E-state index contributed by atoms with van der Waals surface area (Å²) in [5.74, 6) is -1.34. The van der Waals surface area contributed by atoms with E-state index in [-0.39, 0.29) is 24.8 Å². The van der Waals surface area contributed by atoms with Crippen LogP contribution in [0.25, 0.3) is 6.08 Å². The van der Waals surface area contributed by atoms with Crippen molar-refractivity contribution in [3.8, 4) is 5.75 Å². The lowest BCUT2D eigenvalue weighted by Gasteiger charge is -2.07. The molecule has 1 heterocycles. The number of carbonyl (C=O) groups excluding carboxylic acids is 1. The Labute approximate surface area is 170 Å². The first-order valence-electron chi connectivity index (χ1n) is 8.92. The first-order valence-corrected chi connectivity index (χ1v) is 8.92. The molecule has 9 heteroatoms. The zero-order chi connectivity index (χ0) is 21.7. The van der Waals surface area contributed by atoms with Crippen LogP contribution >= 0.6 is 0 Å². The highest BCUT2D eigenvalue weighted by atomic mass is 19.2. The summed E-state index contributed by atoms with van der Waals surface area (Å²) >= 11 is 0. The highest BCUT2D eigenvalue weighted by molar-refractivity contribution is 6.06. The van der Waals surface area contributed by atoms with Crippen LogP contribution in [-0.2, 0) is 6.54 Å². The average Bonchev–Trinajstić information content (AvgIpc) is 3.10. The number of benzene rings is 2. The Morgan fingerprint density at radius 3 is 2.60 bits per heavy atom. The average molecular weight is 413 g/mol. The Morgan fingerprint density at radius 1 is 1.20 bits per heavy atom. The number of ether oxygens (including phenoxy) is 1. The van der Waals surface area contributed by atoms with Crippen LogP contribution in [0.4, 0.5) is 14.6 Å². The summed E-state index contributed by atoms with van der Waals surface area (Å²) in [4.78, 5) is 26.6. The fourth-order valence-electron chi connectivity index (χ4n) is 2.73. The number of hydrogen-bond acceptors (Lipinski definition) is 5. The van der Waals surface area contributed by atoms with Gasteiger partial charge < -0.3 is 14.9 Å². The topological polar surface area (TPSA) is 87.3 Å². The summed E-state index contributed by atoms with van der Waals surface area (Å²) in [5, 5.41) is 11.0. The van der Waals surface area contributed by atoms with Crippen LogP contribution in [0.3, 0.4) is 0 Å². The van der Waals surface area contributed by atoms with Gasteiger partial charge in [-0.1, -0.05) is 12.1 Å². The van der Waals surface area contributed by atoms with Crippen molar-refractivity contribution in [2.24, 2.45) is 0 Å². The normalized spacial score (nSPS) is 11.0. The van der Waals surface area contributed by atoms with E-state index in [2.05, 4.69) is 4.98 Å². The quantitative estimate of drug-likeness (QED) is 0.237. The summed E-state index contributed by atoms with van der Waals surface area (Å²) in [6, 6.07) is 9.71. The maximum absolute atomic E-state index is 13.2. The van der Waals surface area contributed by atoms with E-state index in [4.69, 9.17) is 4.74 Å². The zero-order valence-electron chi connectivity index (χ0n) is 15.9. The van der Waals surface area contributed by atoms with Crippen LogP contribution < -0.4 is 4.74 Å². The Bertz CT molecular complexity index is 1110. The molecule has 1 aromatic heterocycles. The molecule has 0 radical (unpaired) electrons. The molecule has 0 N–H and O–H groups in total. The minimum absolute atomic E-state index is 0.107. The standard InChI is InChI=1S/C21H17F2N3O4/c1-14-24-13-21(26(28)29)25(14)10-11-30-17-6-4-16(5-7-17)20(27)9-3-15-2-8-18(22)19(23)12-15/h2-9,12-13H,10-11H2,1H3/b9-3+. The van der Waals surface area contributed by atoms with Crippen LogP contribution in [0.1, 0.15) is 21.7 Å². The molecule has 0 atom stereocenters. The van der Waals surface area contributed by atoms with Crippen molar-refractivity contribution in [2.75, 3.05) is 6.61 Å². The molecule has 0 spiro atoms. The van der Waals surface area contributed by atoms with Crippen LogP contribution in [0.5, 0.6) is 5.75 Å². The van der Waals surface area contributed by atoms with Gasteiger partial charge in [0.05, 0.1) is 0 Å². The predicted octanol–water partition coefficient (Wildman–Crippen LogP) is 4.35. The third-order valence-electron chi connectivity index (χ3n) is 4.31. The lowest BCUT2D eigenvalue weighted by atomic mass is 10.1. The SMILES string of the molecule is Cc1ncc([N+](=O)[O-])n1CCOc1ccc(C(=O)/C=C/c2ccc(F)c(F)c2)cc1. The molecule has 7 nitrogen and oxygen atoms in total. The highest BCUT2D eigenvalue weighted by Crippen LogP contribution is 2.16. The monoisotopic (exact) mass is 413 g/mol. The third kappa shape index (κ3) is 4.93. The van der Waals surface area contributed by atoms with E-state index in [9.17, 15) is 23.7 Å². The second-order valence-corrected chi connectivity index (χ2v) is 6.32. The summed E-state index contributed by atoms with van der Waals surface area (Å²) in [6.45, 7) is 2.10. The van der Waals surface area contributed by atoms with Crippen molar-refractivity contribution >= 4 is 17.7 Å². The first-order chi connectivity index (χ1) is 14.3. The molecular weight excluding hydrogens is 396 g/mol. The van der Waals surface area contributed by atoms with Gasteiger partial charge in [0.2, 0.25) is 0 Å². The maximum atomic E-state index is 13.2. The number of rotatable bonds is 8. The third-order valence-corrected chi connectivity index (χ3v) is 4.31. The van der Waals surface area contributed by atoms with E-state index >= 15 is 0 Å². The molecule has 3 rings (SSSR count). The molecule has 0 bridgehead atoms. The second kappa shape index (κ2) is 9.08. The van der Waals surface area contributed by atoms with Crippen molar-refractivity contribution < 1.29 is 23.2 Å². The van der Waals surface area contributed by atoms with Crippen LogP contribution in [0.15, 0.2) is 54.7 Å². The maximum Gasteiger partial charge on any atom is 0.342 e. The number of nitrogens with zero attached hydrogens (tertiary/aromatic N) is 3. The molecule has 0 aliphatic carbocycles. The Morgan fingerprint density at radius 2 is 1.93 bits per heavy atom. The van der Waals surface area contributed by atoms with E-state index in [1.807, 2.05) is 0 Å². The number of aromatic nitrogens is 2. The first kappa shape index (κ1) is 20.8. The van der Waals surface area contributed by atoms with Gasteiger partial charge >= 0.3 is 5.82 Å². The molecular formula is C21H17F2N3O4. The lowest BCUT2D eigenvalue weighted by molar-refractivity contribution is -0.392. The number of imidazole rings is 1. The highest BCUT2D eigenvalue weighted by Gasteiger charge is 2.17. The Balaban J connectivity index is 1.57. The molecule has 2 aromatic carbocycles. The van der Waals surface area contributed by atoms with Crippen LogP contribution in [0, 0.1) is 28.7 Å². The summed E-state index contributed by atoms with van der Waals surface area (Å²) in [7, 11) is 0. The molecule has 0 aliphatic rings. The lowest BCUT2D eigenvalue weighted by Crippen LogP contribution is -2.11. The molecule has 0 fully saturated rings. The van der Waals surface area contributed by atoms with Gasteiger partial charge in [0.15, 0.2) is 23.2 Å². The van der Waals surface area contributed by atoms with Crippen LogP contribution in [-0.4, -0.2) is 26.9 Å². The number of halogens is 2. The fourth-order valence-corrected chi connectivity index (χ4v) is 2.73. The number of allylic oxidation sites excluding steroid dienone is 1. The van der Waals surface area contributed by atoms with Gasteiger partial charge in [-0.05, 0) is 53.0 Å². The van der Waals surface area contributed by atoms with Crippen molar-refractivity contribution in [3.05, 3.63) is 93.4 Å². The van der Waals surface area contributed by atoms with E-state index in [1.54, 1.807) is 31.2 Å². The number of nitro groups is 1. The van der Waals surface area contributed by atoms with Crippen molar-refractivity contribution in [1.29, 1.82) is 0 Å². The fraction of sp³-hybridized carbons (Fsp3) is 0.143. The largest absolute Gasteiger partial charge is 0.489 e. The Hall–Kier alpha value is -3.88. The second-order valence-electron chi connectivity index (χ2n) is 6.32. The number of carbonyl (C=O) groups is 1. The van der Waals surface area contributed by atoms with E-state index in [1.165, 1.54) is 29.0 Å². The van der Waals surface area contributed by atoms with Crippen molar-refractivity contribution in [2.45, 2.75) is 13.5 Å². The van der Waals surface area contributed by atoms with Gasteiger partial charge in [0.25, 0.3) is 0 Å². The predicted molar refractivity (Wildman–Crippen MR) is 105 cm³/mol. The number of ketones is 1. The molecule has 0 saturated carbocycles. The zero-order valence-corrected chi connectivity index (χ0v) is 15.9. The van der Waals surface area contributed by atoms with E-state index in [0.29, 0.717) is 22.7 Å². The summed E-state index contributed by atoms with van der Waals surface area (Å²) in [6.07, 6.45) is 3.86. The van der Waals surface area contributed by atoms with Gasteiger partial charge in [0.1, 0.15) is 25.1 Å². The van der Waals surface area contributed by atoms with Crippen LogP contribution in [0.2, 0.25) is 0 Å². The van der Waals surface area contributed by atoms with Gasteiger partial charge in [-0.3, -0.25) is 4.79 Å². The molecule has 0 saturated heterocycles. The van der Waals surface area contributed by atoms with Gasteiger partial charge in [-0.25, -0.2) is 18.3 Å².